The van der Waals surface area contributed by atoms with Gasteiger partial charge in [-0.05, 0) is 57.5 Å². The van der Waals surface area contributed by atoms with Crippen molar-refractivity contribution >= 4 is 141 Å². The molecule has 36 heavy (non-hydrogen) atoms. The van der Waals surface area contributed by atoms with Crippen LogP contribution in [-0.2, 0) is 0 Å². The molecule has 0 saturated heterocycles. The number of hydrogen-bond donors (Lipinski definition) is 0. The zero-order valence-electron chi connectivity index (χ0n) is 19.9. The maximum absolute atomic E-state index is 3.26. The van der Waals surface area contributed by atoms with Crippen molar-refractivity contribution < 1.29 is 0 Å². The summed E-state index contributed by atoms with van der Waals surface area (Å²) in [5.41, 5.74) is 0. The SMILES string of the molecule is CCSC1=C(SCC)SC(=C2SC=C(C#CC#CC3=CSC(=C4SC(SCC)=C(SCC)S4)S3)S2)S1. The Hall–Kier alpha value is 1.76. The third-order valence-electron chi connectivity index (χ3n) is 3.90. The molecular weight excluding hydrogens is 673 g/mol. The minimum Gasteiger partial charge on any atom is -0.118 e. The van der Waals surface area contributed by atoms with Gasteiger partial charge in [-0.3, -0.25) is 0 Å². The topological polar surface area (TPSA) is 0 Å². The molecule has 0 amide bonds. The van der Waals surface area contributed by atoms with Gasteiger partial charge in [0.2, 0.25) is 0 Å². The molecule has 4 aliphatic heterocycles. The quantitative estimate of drug-likeness (QED) is 0.222. The minimum atomic E-state index is 1.09. The van der Waals surface area contributed by atoms with Gasteiger partial charge in [0.15, 0.2) is 0 Å². The van der Waals surface area contributed by atoms with E-state index in [1.807, 2.05) is 94.1 Å². The highest BCUT2D eigenvalue weighted by molar-refractivity contribution is 8.43. The predicted molar refractivity (Wildman–Crippen MR) is 193 cm³/mol. The number of hydrogen-bond acceptors (Lipinski definition) is 12. The second-order valence-electron chi connectivity index (χ2n) is 6.34. The lowest BCUT2D eigenvalue weighted by molar-refractivity contribution is 1.53. The fraction of sp³-hybridized carbons (Fsp3) is 0.333. The Balaban J connectivity index is 1.30. The molecule has 0 atom stereocenters. The number of thioether (sulfide) groups is 12. The van der Waals surface area contributed by atoms with E-state index in [0.717, 1.165) is 32.8 Å². The lowest BCUT2D eigenvalue weighted by Crippen LogP contribution is -1.72. The Morgan fingerprint density at radius 2 is 0.833 bits per heavy atom. The first-order valence-electron chi connectivity index (χ1n) is 11.0. The number of rotatable bonds is 8. The summed E-state index contributed by atoms with van der Waals surface area (Å²) in [6, 6.07) is 0. The molecule has 0 bridgehead atoms. The first-order valence-corrected chi connectivity index (χ1v) is 21.6. The predicted octanol–water partition coefficient (Wildman–Crippen LogP) is 12.1. The third kappa shape index (κ3) is 8.63. The van der Waals surface area contributed by atoms with Gasteiger partial charge >= 0.3 is 0 Å². The second kappa shape index (κ2) is 16.3. The molecule has 4 aliphatic rings. The van der Waals surface area contributed by atoms with Gasteiger partial charge < -0.3 is 0 Å². The van der Waals surface area contributed by atoms with Gasteiger partial charge in [0.25, 0.3) is 0 Å². The lowest BCUT2D eigenvalue weighted by atomic mass is 10.5. The van der Waals surface area contributed by atoms with Crippen LogP contribution in [0.1, 0.15) is 27.7 Å². The molecule has 0 spiro atoms. The van der Waals surface area contributed by atoms with Crippen molar-refractivity contribution in [1.82, 2.24) is 0 Å². The highest BCUT2D eigenvalue weighted by atomic mass is 32.3. The van der Waals surface area contributed by atoms with Crippen LogP contribution in [0.3, 0.4) is 0 Å². The van der Waals surface area contributed by atoms with E-state index >= 15 is 0 Å². The van der Waals surface area contributed by atoms with Crippen molar-refractivity contribution in [1.29, 1.82) is 0 Å². The summed E-state index contributed by atoms with van der Waals surface area (Å²) in [6.45, 7) is 8.90. The summed E-state index contributed by atoms with van der Waals surface area (Å²) in [6.07, 6.45) is 0. The standard InChI is InChI=1S/C24H22S12/c1-5-25-17-18(26-6-2)34-23(33-17)21-29-13-15(31-21)11-9-10-12-16-14-30-22(32-16)24-35-19(27-7-3)20(36-24)28-8-4/h13-14H,5-8H2,1-4H3. The van der Waals surface area contributed by atoms with E-state index in [1.54, 1.807) is 47.0 Å². The summed E-state index contributed by atoms with van der Waals surface area (Å²) in [5.74, 6) is 17.2. The van der Waals surface area contributed by atoms with E-state index in [-0.39, 0.29) is 0 Å². The van der Waals surface area contributed by atoms with E-state index in [1.165, 1.54) is 33.9 Å². The maximum Gasteiger partial charge on any atom is 0.0717 e. The average molecular weight is 695 g/mol. The summed E-state index contributed by atoms with van der Waals surface area (Å²) in [7, 11) is 0. The van der Waals surface area contributed by atoms with Crippen LogP contribution < -0.4 is 0 Å². The molecule has 0 saturated carbocycles. The second-order valence-corrected chi connectivity index (χ2v) is 21.5. The fourth-order valence-corrected chi connectivity index (χ4v) is 18.6. The van der Waals surface area contributed by atoms with Crippen LogP contribution in [0.4, 0.5) is 0 Å². The van der Waals surface area contributed by atoms with Gasteiger partial charge in [0.1, 0.15) is 0 Å². The maximum atomic E-state index is 3.26. The van der Waals surface area contributed by atoms with Crippen molar-refractivity contribution in [2.75, 3.05) is 23.0 Å². The zero-order valence-corrected chi connectivity index (χ0v) is 29.7. The van der Waals surface area contributed by atoms with E-state index in [0.29, 0.717) is 0 Å². The number of allylic oxidation sites excluding steroid dienone is 2. The third-order valence-corrected chi connectivity index (χ3v) is 20.1. The molecule has 0 N–H and O–H groups in total. The molecule has 0 radical (unpaired) electrons. The smallest absolute Gasteiger partial charge is 0.0717 e. The minimum absolute atomic E-state index is 1.09. The highest BCUT2D eigenvalue weighted by Crippen LogP contribution is 2.63. The molecule has 0 aromatic carbocycles. The van der Waals surface area contributed by atoms with E-state index < -0.39 is 0 Å². The van der Waals surface area contributed by atoms with Gasteiger partial charge in [-0.15, -0.1) is 47.0 Å². The Labute approximate surface area is 266 Å². The molecule has 12 heteroatoms. The fourth-order valence-electron chi connectivity index (χ4n) is 2.57. The van der Waals surface area contributed by atoms with E-state index in [4.69, 9.17) is 0 Å². The molecule has 4 heterocycles. The largest absolute Gasteiger partial charge is 0.118 e. The van der Waals surface area contributed by atoms with E-state index in [2.05, 4.69) is 62.2 Å². The van der Waals surface area contributed by atoms with Crippen molar-refractivity contribution in [2.45, 2.75) is 27.7 Å². The average Bonchev–Trinajstić information content (AvgIpc) is 3.66. The van der Waals surface area contributed by atoms with Crippen LogP contribution in [0, 0.1) is 23.7 Å². The van der Waals surface area contributed by atoms with Crippen molar-refractivity contribution in [3.05, 3.63) is 54.5 Å². The Morgan fingerprint density at radius 3 is 1.14 bits per heavy atom. The van der Waals surface area contributed by atoms with Crippen molar-refractivity contribution in [2.24, 2.45) is 0 Å². The van der Waals surface area contributed by atoms with Gasteiger partial charge in [-0.2, -0.15) is 0 Å². The summed E-state index contributed by atoms with van der Waals surface area (Å²) < 4.78 is 11.4. The van der Waals surface area contributed by atoms with Gasteiger partial charge in [0, 0.05) is 0 Å². The van der Waals surface area contributed by atoms with Crippen LogP contribution in [0.2, 0.25) is 0 Å². The van der Waals surface area contributed by atoms with Crippen LogP contribution in [0.5, 0.6) is 0 Å². The Bertz CT molecular complexity index is 1060. The van der Waals surface area contributed by atoms with Crippen LogP contribution in [0.15, 0.2) is 54.5 Å². The molecule has 0 aromatic rings. The molecule has 0 unspecified atom stereocenters. The first kappa shape index (κ1) is 30.7. The van der Waals surface area contributed by atoms with Gasteiger partial charge in [-0.25, -0.2) is 0 Å². The Morgan fingerprint density at radius 1 is 0.500 bits per heavy atom. The molecule has 4 rings (SSSR count). The zero-order chi connectivity index (χ0) is 25.3. The molecule has 0 aliphatic carbocycles. The summed E-state index contributed by atoms with van der Waals surface area (Å²) in [5, 5.41) is 4.34. The summed E-state index contributed by atoms with van der Waals surface area (Å²) in [4.78, 5) is 2.19. The molecule has 190 valence electrons. The summed E-state index contributed by atoms with van der Waals surface area (Å²) >= 11 is 22.7. The van der Waals surface area contributed by atoms with Gasteiger partial charge in [0.05, 0.1) is 43.7 Å². The van der Waals surface area contributed by atoms with Crippen molar-refractivity contribution in [3.8, 4) is 23.7 Å². The Kier molecular flexibility index (Phi) is 13.9. The highest BCUT2D eigenvalue weighted by Gasteiger charge is 2.28. The van der Waals surface area contributed by atoms with Gasteiger partial charge in [-0.1, -0.05) is 122 Å². The first-order chi connectivity index (χ1) is 17.6. The van der Waals surface area contributed by atoms with Crippen LogP contribution in [-0.4, -0.2) is 23.0 Å². The normalized spacial score (nSPS) is 19.7. The van der Waals surface area contributed by atoms with E-state index in [9.17, 15) is 0 Å². The van der Waals surface area contributed by atoms with Crippen molar-refractivity contribution in [3.63, 3.8) is 0 Å². The molecular formula is C24H22S12. The van der Waals surface area contributed by atoms with Crippen LogP contribution >= 0.6 is 141 Å². The van der Waals surface area contributed by atoms with Crippen LogP contribution in [0.25, 0.3) is 0 Å². The molecule has 0 nitrogen and oxygen atoms in total. The lowest BCUT2D eigenvalue weighted by Gasteiger charge is -2.01. The monoisotopic (exact) mass is 694 g/mol. The molecule has 0 fully saturated rings. The molecule has 0 aromatic heterocycles.